The molecule has 0 aliphatic carbocycles. The fourth-order valence-electron chi connectivity index (χ4n) is 1.60. The topological polar surface area (TPSA) is 93.9 Å². The lowest BCUT2D eigenvalue weighted by Crippen LogP contribution is -2.28. The molecule has 0 aliphatic heterocycles. The lowest BCUT2D eigenvalue weighted by molar-refractivity contribution is -0.386. The number of rotatable bonds is 9. The molecule has 2 N–H and O–H groups in total. The highest BCUT2D eigenvalue weighted by Crippen LogP contribution is 2.28. The van der Waals surface area contributed by atoms with Crippen molar-refractivity contribution in [1.82, 2.24) is 5.32 Å². The Morgan fingerprint density at radius 3 is 2.71 bits per heavy atom. The number of aliphatic hydroxyl groups is 1. The predicted octanol–water partition coefficient (Wildman–Crippen LogP) is 1.48. The predicted molar refractivity (Wildman–Crippen MR) is 78.5 cm³/mol. The third-order valence-corrected chi connectivity index (χ3v) is 2.61. The number of hydrogen-bond acceptors (Lipinski definition) is 6. The normalized spacial score (nSPS) is 11.4. The van der Waals surface area contributed by atoms with Crippen molar-refractivity contribution in [1.29, 1.82) is 0 Å². The second kappa shape index (κ2) is 7.92. The summed E-state index contributed by atoms with van der Waals surface area (Å²) >= 11 is 0. The van der Waals surface area contributed by atoms with Crippen molar-refractivity contribution < 1.29 is 19.5 Å². The van der Waals surface area contributed by atoms with Gasteiger partial charge in [0.05, 0.1) is 17.1 Å². The number of nitro groups is 1. The van der Waals surface area contributed by atoms with Gasteiger partial charge in [-0.3, -0.25) is 10.1 Å². The maximum absolute atomic E-state index is 11.1. The van der Waals surface area contributed by atoms with Gasteiger partial charge in [-0.25, -0.2) is 0 Å². The number of nitrogens with zero attached hydrogens (tertiary/aromatic N) is 1. The number of nitro benzene ring substituents is 1. The molecule has 0 atom stereocenters. The summed E-state index contributed by atoms with van der Waals surface area (Å²) in [6, 6.07) is 4.78. The van der Waals surface area contributed by atoms with Crippen LogP contribution in [0.4, 0.5) is 5.69 Å². The van der Waals surface area contributed by atoms with Crippen LogP contribution in [0.5, 0.6) is 5.75 Å². The van der Waals surface area contributed by atoms with Crippen molar-refractivity contribution in [2.24, 2.45) is 0 Å². The molecule has 0 aromatic heterocycles. The minimum Gasteiger partial charge on any atom is -0.484 e. The smallest absolute Gasteiger partial charge is 0.311 e. The van der Waals surface area contributed by atoms with Crippen LogP contribution in [0.3, 0.4) is 0 Å². The first kappa shape index (κ1) is 17.4. The van der Waals surface area contributed by atoms with Crippen LogP contribution in [0.15, 0.2) is 18.2 Å². The van der Waals surface area contributed by atoms with Crippen LogP contribution in [0, 0.1) is 10.1 Å². The van der Waals surface area contributed by atoms with Crippen LogP contribution in [0.25, 0.3) is 0 Å². The molecule has 21 heavy (non-hydrogen) atoms. The number of hydrogen-bond donors (Lipinski definition) is 2. The Balaban J connectivity index is 2.74. The van der Waals surface area contributed by atoms with Gasteiger partial charge in [0.1, 0.15) is 6.61 Å². The molecule has 0 aliphatic rings. The van der Waals surface area contributed by atoms with Crippen molar-refractivity contribution in [3.05, 3.63) is 33.9 Å². The van der Waals surface area contributed by atoms with E-state index in [2.05, 4.69) is 5.32 Å². The maximum Gasteiger partial charge on any atom is 0.311 e. The van der Waals surface area contributed by atoms with Gasteiger partial charge in [-0.2, -0.15) is 0 Å². The van der Waals surface area contributed by atoms with Gasteiger partial charge in [-0.15, -0.1) is 0 Å². The molecular formula is C14H22N2O5. The third kappa shape index (κ3) is 6.52. The van der Waals surface area contributed by atoms with Crippen molar-refractivity contribution in [3.8, 4) is 5.75 Å². The van der Waals surface area contributed by atoms with Crippen molar-refractivity contribution >= 4 is 5.69 Å². The van der Waals surface area contributed by atoms with Crippen LogP contribution >= 0.6 is 0 Å². The average Bonchev–Trinajstić information content (AvgIpc) is 2.41. The summed E-state index contributed by atoms with van der Waals surface area (Å²) in [5, 5.41) is 23.8. The van der Waals surface area contributed by atoms with E-state index in [-0.39, 0.29) is 18.0 Å². The van der Waals surface area contributed by atoms with E-state index in [9.17, 15) is 15.2 Å². The lowest BCUT2D eigenvalue weighted by Gasteiger charge is -2.17. The zero-order valence-electron chi connectivity index (χ0n) is 12.6. The van der Waals surface area contributed by atoms with Gasteiger partial charge in [0.25, 0.3) is 0 Å². The summed E-state index contributed by atoms with van der Waals surface area (Å²) in [5.41, 5.74) is -0.368. The van der Waals surface area contributed by atoms with Crippen LogP contribution in [0.2, 0.25) is 0 Å². The number of benzene rings is 1. The minimum atomic E-state index is -1.05. The molecular weight excluding hydrogens is 276 g/mol. The van der Waals surface area contributed by atoms with Gasteiger partial charge < -0.3 is 19.9 Å². The van der Waals surface area contributed by atoms with E-state index in [1.807, 2.05) is 0 Å². The molecule has 1 aromatic rings. The summed E-state index contributed by atoms with van der Waals surface area (Å²) < 4.78 is 10.2. The first-order valence-corrected chi connectivity index (χ1v) is 6.65. The van der Waals surface area contributed by atoms with Gasteiger partial charge in [0.15, 0.2) is 5.75 Å². The van der Waals surface area contributed by atoms with Gasteiger partial charge in [-0.1, -0.05) is 6.07 Å². The Kier molecular flexibility index (Phi) is 6.54. The molecule has 0 bridgehead atoms. The molecule has 1 rings (SSSR count). The van der Waals surface area contributed by atoms with Gasteiger partial charge in [-0.05, 0) is 25.5 Å². The third-order valence-electron chi connectivity index (χ3n) is 2.61. The zero-order chi connectivity index (χ0) is 15.9. The standard InChI is InChI=1S/C14H22N2O5/c1-14(2,17)10-21-13-5-4-11(8-12(13)16(18)19)9-15-6-7-20-3/h4-5,8,15,17H,6-7,9-10H2,1-3H3. The Morgan fingerprint density at radius 1 is 1.43 bits per heavy atom. The Labute approximate surface area is 124 Å². The first-order valence-electron chi connectivity index (χ1n) is 6.65. The number of methoxy groups -OCH3 is 1. The van der Waals surface area contributed by atoms with Gasteiger partial charge in [0.2, 0.25) is 0 Å². The molecule has 0 radical (unpaired) electrons. The molecule has 7 heteroatoms. The van der Waals surface area contributed by atoms with Crippen LogP contribution in [-0.4, -0.2) is 42.5 Å². The highest BCUT2D eigenvalue weighted by atomic mass is 16.6. The second-order valence-corrected chi connectivity index (χ2v) is 5.33. The van der Waals surface area contributed by atoms with Crippen molar-refractivity contribution in [2.45, 2.75) is 26.0 Å². The fourth-order valence-corrected chi connectivity index (χ4v) is 1.60. The summed E-state index contributed by atoms with van der Waals surface area (Å²) in [7, 11) is 1.61. The summed E-state index contributed by atoms with van der Waals surface area (Å²) in [6.45, 7) is 4.89. The van der Waals surface area contributed by atoms with E-state index < -0.39 is 10.5 Å². The zero-order valence-corrected chi connectivity index (χ0v) is 12.6. The van der Waals surface area contributed by atoms with E-state index in [1.165, 1.54) is 6.07 Å². The van der Waals surface area contributed by atoms with Crippen LogP contribution in [0.1, 0.15) is 19.4 Å². The second-order valence-electron chi connectivity index (χ2n) is 5.33. The van der Waals surface area contributed by atoms with Crippen LogP contribution in [-0.2, 0) is 11.3 Å². The Bertz CT molecular complexity index is 471. The molecule has 118 valence electrons. The van der Waals surface area contributed by atoms with Gasteiger partial charge in [0, 0.05) is 26.3 Å². The first-order chi connectivity index (χ1) is 9.83. The van der Waals surface area contributed by atoms with E-state index in [4.69, 9.17) is 9.47 Å². The van der Waals surface area contributed by atoms with E-state index in [0.29, 0.717) is 19.7 Å². The Hall–Kier alpha value is -1.70. The summed E-state index contributed by atoms with van der Waals surface area (Å²) in [6.07, 6.45) is 0. The molecule has 0 saturated carbocycles. The van der Waals surface area contributed by atoms with E-state index in [1.54, 1.807) is 33.1 Å². The molecule has 7 nitrogen and oxygen atoms in total. The number of ether oxygens (including phenoxy) is 2. The minimum absolute atomic E-state index is 0.0146. The van der Waals surface area contributed by atoms with E-state index >= 15 is 0 Å². The van der Waals surface area contributed by atoms with Crippen molar-refractivity contribution in [2.75, 3.05) is 26.9 Å². The Morgan fingerprint density at radius 2 is 2.14 bits per heavy atom. The molecule has 0 amide bonds. The van der Waals surface area contributed by atoms with Crippen molar-refractivity contribution in [3.63, 3.8) is 0 Å². The quantitative estimate of drug-likeness (QED) is 0.407. The highest BCUT2D eigenvalue weighted by molar-refractivity contribution is 5.48. The largest absolute Gasteiger partial charge is 0.484 e. The molecule has 0 saturated heterocycles. The molecule has 0 heterocycles. The summed E-state index contributed by atoms with van der Waals surface area (Å²) in [5.74, 6) is 0.155. The van der Waals surface area contributed by atoms with Crippen LogP contribution < -0.4 is 10.1 Å². The summed E-state index contributed by atoms with van der Waals surface area (Å²) in [4.78, 5) is 10.6. The monoisotopic (exact) mass is 298 g/mol. The SMILES string of the molecule is COCCNCc1ccc(OCC(C)(C)O)c([N+](=O)[O-])c1. The number of nitrogens with one attached hydrogen (secondary N) is 1. The molecule has 0 unspecified atom stereocenters. The fraction of sp³-hybridized carbons (Fsp3) is 0.571. The maximum atomic E-state index is 11.1. The molecule has 0 spiro atoms. The average molecular weight is 298 g/mol. The molecule has 1 aromatic carbocycles. The lowest BCUT2D eigenvalue weighted by atomic mass is 10.1. The molecule has 0 fully saturated rings. The van der Waals surface area contributed by atoms with Gasteiger partial charge >= 0.3 is 5.69 Å². The van der Waals surface area contributed by atoms with E-state index in [0.717, 1.165) is 5.56 Å². The highest BCUT2D eigenvalue weighted by Gasteiger charge is 2.19.